The highest BCUT2D eigenvalue weighted by Gasteiger charge is 2.40. The number of carboxylic acids is 1. The smallest absolute Gasteiger partial charge is 0.308 e. The van der Waals surface area contributed by atoms with Crippen molar-refractivity contribution in [2.75, 3.05) is 26.8 Å². The SMILES string of the molecule is C=CCc1ccc(OCC(=O)N2C[C@H](C(=O)O)[C@H](c3ccccc3)C2)c(OC)c1. The zero-order valence-electron chi connectivity index (χ0n) is 16.4. The van der Waals surface area contributed by atoms with Crippen molar-refractivity contribution in [3.8, 4) is 11.5 Å². The lowest BCUT2D eigenvalue weighted by molar-refractivity contribution is -0.142. The van der Waals surface area contributed by atoms with E-state index < -0.39 is 11.9 Å². The lowest BCUT2D eigenvalue weighted by Crippen LogP contribution is -2.33. The van der Waals surface area contributed by atoms with E-state index in [1.807, 2.05) is 42.5 Å². The Labute approximate surface area is 170 Å². The molecule has 0 unspecified atom stereocenters. The summed E-state index contributed by atoms with van der Waals surface area (Å²) < 4.78 is 11.0. The molecule has 0 aliphatic carbocycles. The third kappa shape index (κ3) is 4.77. The van der Waals surface area contributed by atoms with Gasteiger partial charge >= 0.3 is 5.97 Å². The highest BCUT2D eigenvalue weighted by Crippen LogP contribution is 2.33. The van der Waals surface area contributed by atoms with Crippen LogP contribution in [0.2, 0.25) is 0 Å². The van der Waals surface area contributed by atoms with Gasteiger partial charge in [0, 0.05) is 19.0 Å². The number of benzene rings is 2. The molecule has 1 saturated heterocycles. The minimum atomic E-state index is -0.894. The summed E-state index contributed by atoms with van der Waals surface area (Å²) in [5.41, 5.74) is 1.96. The van der Waals surface area contributed by atoms with Crippen LogP contribution >= 0.6 is 0 Å². The van der Waals surface area contributed by atoms with Crippen LogP contribution in [0.1, 0.15) is 17.0 Å². The highest BCUT2D eigenvalue weighted by molar-refractivity contribution is 5.81. The summed E-state index contributed by atoms with van der Waals surface area (Å²) >= 11 is 0. The Kier molecular flexibility index (Phi) is 6.54. The molecule has 6 heteroatoms. The van der Waals surface area contributed by atoms with Gasteiger partial charge in [-0.05, 0) is 29.7 Å². The van der Waals surface area contributed by atoms with E-state index in [1.165, 1.54) is 0 Å². The predicted octanol–water partition coefficient (Wildman–Crippen LogP) is 3.13. The van der Waals surface area contributed by atoms with Crippen molar-refractivity contribution in [3.05, 3.63) is 72.3 Å². The number of hydrogen-bond donors (Lipinski definition) is 1. The van der Waals surface area contributed by atoms with Crippen LogP contribution in [-0.4, -0.2) is 48.7 Å². The molecule has 3 rings (SSSR count). The fourth-order valence-electron chi connectivity index (χ4n) is 3.65. The second-order valence-electron chi connectivity index (χ2n) is 7.03. The number of likely N-dealkylation sites (tertiary alicyclic amines) is 1. The van der Waals surface area contributed by atoms with Crippen LogP contribution in [0.4, 0.5) is 0 Å². The molecule has 1 fully saturated rings. The lowest BCUT2D eigenvalue weighted by atomic mass is 9.89. The van der Waals surface area contributed by atoms with Crippen LogP contribution in [0.3, 0.4) is 0 Å². The van der Waals surface area contributed by atoms with Crippen LogP contribution in [0, 0.1) is 5.92 Å². The summed E-state index contributed by atoms with van der Waals surface area (Å²) in [5.74, 6) is -0.979. The van der Waals surface area contributed by atoms with Crippen LogP contribution in [0.15, 0.2) is 61.2 Å². The lowest BCUT2D eigenvalue weighted by Gasteiger charge is -2.18. The first-order valence-corrected chi connectivity index (χ1v) is 9.49. The molecule has 29 heavy (non-hydrogen) atoms. The molecule has 1 aliphatic rings. The summed E-state index contributed by atoms with van der Waals surface area (Å²) in [7, 11) is 1.55. The van der Waals surface area contributed by atoms with E-state index in [9.17, 15) is 14.7 Å². The Morgan fingerprint density at radius 3 is 2.59 bits per heavy atom. The fraction of sp³-hybridized carbons (Fsp3) is 0.304. The van der Waals surface area contributed by atoms with Gasteiger partial charge in [0.1, 0.15) is 0 Å². The van der Waals surface area contributed by atoms with E-state index in [-0.39, 0.29) is 25.0 Å². The number of carboxylic acid groups (broad SMARTS) is 1. The van der Waals surface area contributed by atoms with Gasteiger partial charge in [-0.2, -0.15) is 0 Å². The van der Waals surface area contributed by atoms with Crippen molar-refractivity contribution < 1.29 is 24.2 Å². The Bertz CT molecular complexity index is 880. The number of rotatable bonds is 8. The Balaban J connectivity index is 1.67. The predicted molar refractivity (Wildman–Crippen MR) is 109 cm³/mol. The molecule has 2 aromatic rings. The molecule has 152 valence electrons. The first kappa shape index (κ1) is 20.5. The summed E-state index contributed by atoms with van der Waals surface area (Å²) in [4.78, 5) is 26.0. The van der Waals surface area contributed by atoms with Crippen molar-refractivity contribution in [2.24, 2.45) is 5.92 Å². The topological polar surface area (TPSA) is 76.1 Å². The van der Waals surface area contributed by atoms with Crippen LogP contribution in [0.5, 0.6) is 11.5 Å². The monoisotopic (exact) mass is 395 g/mol. The van der Waals surface area contributed by atoms with E-state index in [0.29, 0.717) is 24.5 Å². The minimum Gasteiger partial charge on any atom is -0.493 e. The van der Waals surface area contributed by atoms with E-state index in [1.54, 1.807) is 24.2 Å². The Morgan fingerprint density at radius 2 is 1.93 bits per heavy atom. The van der Waals surface area contributed by atoms with Crippen LogP contribution < -0.4 is 9.47 Å². The van der Waals surface area contributed by atoms with E-state index in [0.717, 1.165) is 11.1 Å². The first-order chi connectivity index (χ1) is 14.0. The van der Waals surface area contributed by atoms with Crippen molar-refractivity contribution >= 4 is 11.9 Å². The number of methoxy groups -OCH3 is 1. The van der Waals surface area contributed by atoms with Gasteiger partial charge in [0.15, 0.2) is 18.1 Å². The van der Waals surface area contributed by atoms with Gasteiger partial charge in [-0.15, -0.1) is 6.58 Å². The van der Waals surface area contributed by atoms with E-state index in [2.05, 4.69) is 6.58 Å². The van der Waals surface area contributed by atoms with E-state index in [4.69, 9.17) is 9.47 Å². The largest absolute Gasteiger partial charge is 0.493 e. The fourth-order valence-corrected chi connectivity index (χ4v) is 3.65. The molecule has 6 nitrogen and oxygen atoms in total. The Morgan fingerprint density at radius 1 is 1.17 bits per heavy atom. The second-order valence-corrected chi connectivity index (χ2v) is 7.03. The molecule has 0 bridgehead atoms. The first-order valence-electron chi connectivity index (χ1n) is 9.49. The average molecular weight is 395 g/mol. The molecule has 0 aromatic heterocycles. The molecule has 2 atom stereocenters. The molecule has 1 N–H and O–H groups in total. The van der Waals surface area contributed by atoms with Gasteiger partial charge < -0.3 is 19.5 Å². The summed E-state index contributed by atoms with van der Waals surface area (Å²) in [5, 5.41) is 9.60. The van der Waals surface area contributed by atoms with Crippen molar-refractivity contribution in [2.45, 2.75) is 12.3 Å². The minimum absolute atomic E-state index is 0.173. The van der Waals surface area contributed by atoms with Gasteiger partial charge in [-0.1, -0.05) is 42.5 Å². The third-order valence-corrected chi connectivity index (χ3v) is 5.18. The molecular formula is C23H25NO5. The molecule has 0 radical (unpaired) electrons. The highest BCUT2D eigenvalue weighted by atomic mass is 16.5. The van der Waals surface area contributed by atoms with Crippen molar-refractivity contribution in [1.82, 2.24) is 4.90 Å². The number of carbonyl (C=O) groups excluding carboxylic acids is 1. The zero-order chi connectivity index (χ0) is 20.8. The van der Waals surface area contributed by atoms with E-state index >= 15 is 0 Å². The molecule has 2 aromatic carbocycles. The van der Waals surface area contributed by atoms with Gasteiger partial charge in [-0.3, -0.25) is 9.59 Å². The molecule has 1 aliphatic heterocycles. The normalized spacial score (nSPS) is 18.3. The van der Waals surface area contributed by atoms with Crippen molar-refractivity contribution in [3.63, 3.8) is 0 Å². The summed E-state index contributed by atoms with van der Waals surface area (Å²) in [6.45, 7) is 4.08. The number of aliphatic carboxylic acids is 1. The van der Waals surface area contributed by atoms with Gasteiger partial charge in [0.25, 0.3) is 5.91 Å². The number of nitrogens with zero attached hydrogens (tertiary/aromatic N) is 1. The quantitative estimate of drug-likeness (QED) is 0.695. The molecule has 1 amide bonds. The summed E-state index contributed by atoms with van der Waals surface area (Å²) in [6.07, 6.45) is 2.51. The average Bonchev–Trinajstić information content (AvgIpc) is 3.19. The molecule has 0 spiro atoms. The second kappa shape index (κ2) is 9.28. The maximum absolute atomic E-state index is 12.7. The van der Waals surface area contributed by atoms with Crippen LogP contribution in [0.25, 0.3) is 0 Å². The van der Waals surface area contributed by atoms with Crippen LogP contribution in [-0.2, 0) is 16.0 Å². The third-order valence-electron chi connectivity index (χ3n) is 5.18. The molecule has 0 saturated carbocycles. The number of allylic oxidation sites excluding steroid dienone is 1. The maximum atomic E-state index is 12.7. The number of ether oxygens (including phenoxy) is 2. The number of amides is 1. The Hall–Kier alpha value is -3.28. The molecule has 1 heterocycles. The number of hydrogen-bond acceptors (Lipinski definition) is 4. The van der Waals surface area contributed by atoms with Gasteiger partial charge in [0.2, 0.25) is 0 Å². The van der Waals surface area contributed by atoms with Gasteiger partial charge in [-0.25, -0.2) is 0 Å². The molecular weight excluding hydrogens is 370 g/mol. The van der Waals surface area contributed by atoms with Gasteiger partial charge in [0.05, 0.1) is 13.0 Å². The number of carbonyl (C=O) groups is 2. The summed E-state index contributed by atoms with van der Waals surface area (Å²) in [6, 6.07) is 15.0. The standard InChI is InChI=1S/C23H25NO5/c1-3-7-16-10-11-20(21(12-16)28-2)29-15-22(25)24-13-18(19(14-24)23(26)27)17-8-5-4-6-9-17/h3-6,8-12,18-19H,1,7,13-15H2,2H3,(H,26,27)/t18-,19-/m0/s1. The zero-order valence-corrected chi connectivity index (χ0v) is 16.4. The maximum Gasteiger partial charge on any atom is 0.308 e. The van der Waals surface area contributed by atoms with Crippen molar-refractivity contribution in [1.29, 1.82) is 0 Å².